The van der Waals surface area contributed by atoms with Crippen LogP contribution < -0.4 is 10.1 Å². The normalized spacial score (nSPS) is 21.7. The van der Waals surface area contributed by atoms with Crippen LogP contribution in [0, 0.1) is 13.8 Å². The Balaban J connectivity index is 1.49. The predicted molar refractivity (Wildman–Crippen MR) is 120 cm³/mol. The number of aromatic nitrogens is 2. The molecule has 2 amide bonds. The molecule has 0 aliphatic carbocycles. The molecule has 2 aliphatic heterocycles. The van der Waals surface area contributed by atoms with Crippen molar-refractivity contribution in [3.05, 3.63) is 41.2 Å². The van der Waals surface area contributed by atoms with Crippen molar-refractivity contribution >= 4 is 23.3 Å². The molecule has 1 fully saturated rings. The van der Waals surface area contributed by atoms with Crippen LogP contribution in [0.25, 0.3) is 0 Å². The second kappa shape index (κ2) is 8.41. The van der Waals surface area contributed by atoms with Gasteiger partial charge in [0.2, 0.25) is 11.8 Å². The van der Waals surface area contributed by atoms with Crippen LogP contribution in [-0.4, -0.2) is 50.5 Å². The fraction of sp³-hybridized carbons (Fsp3) is 0.500. The average molecular weight is 439 g/mol. The third kappa shape index (κ3) is 3.89. The molecular weight excluding hydrogens is 408 g/mol. The number of carbonyl (C=O) groups is 3. The first-order valence-corrected chi connectivity index (χ1v) is 11.2. The fourth-order valence-electron chi connectivity index (χ4n) is 4.74. The number of nitrogens with zero attached hydrogens (tertiary/aromatic N) is 3. The highest BCUT2D eigenvalue weighted by molar-refractivity contribution is 6.00. The van der Waals surface area contributed by atoms with Crippen molar-refractivity contribution in [2.45, 2.75) is 71.6 Å². The van der Waals surface area contributed by atoms with E-state index in [4.69, 9.17) is 4.74 Å². The number of hydrogen-bond donors (Lipinski definition) is 1. The molecule has 0 saturated carbocycles. The van der Waals surface area contributed by atoms with E-state index in [1.807, 2.05) is 37.6 Å². The highest BCUT2D eigenvalue weighted by Gasteiger charge is 2.44. The molecular formula is C24H30N4O4. The fourth-order valence-corrected chi connectivity index (χ4v) is 4.74. The Bertz CT molecular complexity index is 1080. The van der Waals surface area contributed by atoms with E-state index >= 15 is 0 Å². The Morgan fingerprint density at radius 2 is 2.00 bits per heavy atom. The lowest BCUT2D eigenvalue weighted by molar-refractivity contribution is -0.137. The Morgan fingerprint density at radius 3 is 2.72 bits per heavy atom. The smallest absolute Gasteiger partial charge is 0.246 e. The first kappa shape index (κ1) is 22.0. The number of anilines is 1. The summed E-state index contributed by atoms with van der Waals surface area (Å²) in [5.74, 6) is 0.269. The lowest BCUT2D eigenvalue weighted by Gasteiger charge is -2.37. The second-order valence-corrected chi connectivity index (χ2v) is 8.75. The zero-order valence-corrected chi connectivity index (χ0v) is 19.1. The summed E-state index contributed by atoms with van der Waals surface area (Å²) in [5, 5.41) is 7.40. The summed E-state index contributed by atoms with van der Waals surface area (Å²) in [6.45, 7) is 8.58. The summed E-state index contributed by atoms with van der Waals surface area (Å²) in [6, 6.07) is 6.60. The van der Waals surface area contributed by atoms with Gasteiger partial charge < -0.3 is 15.0 Å². The Labute approximate surface area is 187 Å². The van der Waals surface area contributed by atoms with Gasteiger partial charge in [0.05, 0.1) is 29.1 Å². The zero-order valence-electron chi connectivity index (χ0n) is 19.1. The number of ketones is 1. The van der Waals surface area contributed by atoms with Gasteiger partial charge >= 0.3 is 0 Å². The molecule has 1 spiro atoms. The summed E-state index contributed by atoms with van der Waals surface area (Å²) >= 11 is 0. The number of benzene rings is 1. The van der Waals surface area contributed by atoms with Gasteiger partial charge in [-0.05, 0) is 46.2 Å². The largest absolute Gasteiger partial charge is 0.486 e. The van der Waals surface area contributed by atoms with Crippen LogP contribution in [0.1, 0.15) is 61.3 Å². The molecule has 1 saturated heterocycles. The van der Waals surface area contributed by atoms with Crippen LogP contribution in [0.5, 0.6) is 5.75 Å². The number of likely N-dealkylation sites (tertiary alicyclic amines) is 1. The van der Waals surface area contributed by atoms with Gasteiger partial charge in [-0.15, -0.1) is 0 Å². The maximum Gasteiger partial charge on any atom is 0.246 e. The van der Waals surface area contributed by atoms with E-state index in [0.717, 1.165) is 11.4 Å². The summed E-state index contributed by atoms with van der Waals surface area (Å²) < 4.78 is 8.12. The molecule has 2 aliphatic rings. The predicted octanol–water partition coefficient (Wildman–Crippen LogP) is 3.26. The first-order valence-electron chi connectivity index (χ1n) is 11.2. The van der Waals surface area contributed by atoms with E-state index in [1.54, 1.807) is 24.0 Å². The van der Waals surface area contributed by atoms with Crippen molar-refractivity contribution in [2.75, 3.05) is 11.9 Å². The lowest BCUT2D eigenvalue weighted by atomic mass is 9.84. The van der Waals surface area contributed by atoms with Gasteiger partial charge in [-0.1, -0.05) is 12.1 Å². The number of carbonyl (C=O) groups excluding carboxylic acids is 3. The molecule has 0 radical (unpaired) electrons. The monoisotopic (exact) mass is 438 g/mol. The maximum absolute atomic E-state index is 13.0. The molecule has 4 rings (SSSR count). The van der Waals surface area contributed by atoms with E-state index in [-0.39, 0.29) is 30.4 Å². The molecule has 1 aromatic carbocycles. The number of amides is 2. The molecule has 32 heavy (non-hydrogen) atoms. The van der Waals surface area contributed by atoms with Crippen LogP contribution in [0.3, 0.4) is 0 Å². The highest BCUT2D eigenvalue weighted by atomic mass is 16.5. The molecule has 3 heterocycles. The minimum absolute atomic E-state index is 0.0393. The Hall–Kier alpha value is -3.16. The molecule has 1 N–H and O–H groups in total. The Kier molecular flexibility index (Phi) is 5.79. The van der Waals surface area contributed by atoms with Crippen LogP contribution in [0.4, 0.5) is 5.69 Å². The van der Waals surface area contributed by atoms with Crippen molar-refractivity contribution in [2.24, 2.45) is 0 Å². The van der Waals surface area contributed by atoms with E-state index in [1.165, 1.54) is 0 Å². The second-order valence-electron chi connectivity index (χ2n) is 8.75. The Morgan fingerprint density at radius 1 is 1.25 bits per heavy atom. The maximum atomic E-state index is 13.0. The number of ether oxygens (including phenoxy) is 1. The van der Waals surface area contributed by atoms with Gasteiger partial charge in [0, 0.05) is 25.9 Å². The quantitative estimate of drug-likeness (QED) is 0.791. The van der Waals surface area contributed by atoms with Crippen molar-refractivity contribution in [1.29, 1.82) is 0 Å². The van der Waals surface area contributed by atoms with Gasteiger partial charge in [0.15, 0.2) is 5.78 Å². The molecule has 2 atom stereocenters. The van der Waals surface area contributed by atoms with Gasteiger partial charge in [0.1, 0.15) is 17.4 Å². The average Bonchev–Trinajstić information content (AvgIpc) is 2.94. The lowest BCUT2D eigenvalue weighted by Crippen LogP contribution is -2.47. The number of aryl methyl sites for hydroxylation is 2. The number of hydrogen-bond acceptors (Lipinski definition) is 5. The summed E-state index contributed by atoms with van der Waals surface area (Å²) in [4.78, 5) is 40.3. The summed E-state index contributed by atoms with van der Waals surface area (Å²) in [7, 11) is 0. The highest BCUT2D eigenvalue weighted by Crippen LogP contribution is 2.39. The number of para-hydroxylation sites is 1. The van der Waals surface area contributed by atoms with Crippen LogP contribution in [-0.2, 0) is 16.1 Å². The van der Waals surface area contributed by atoms with E-state index in [0.29, 0.717) is 42.9 Å². The minimum Gasteiger partial charge on any atom is -0.486 e. The zero-order chi connectivity index (χ0) is 23.0. The van der Waals surface area contributed by atoms with Crippen molar-refractivity contribution in [1.82, 2.24) is 14.7 Å². The van der Waals surface area contributed by atoms with E-state index < -0.39 is 11.6 Å². The van der Waals surface area contributed by atoms with Crippen LogP contribution >= 0.6 is 0 Å². The van der Waals surface area contributed by atoms with Gasteiger partial charge in [-0.3, -0.25) is 19.1 Å². The van der Waals surface area contributed by atoms with Gasteiger partial charge in [-0.2, -0.15) is 5.10 Å². The number of fused-ring (bicyclic) bond motifs is 1. The van der Waals surface area contributed by atoms with Crippen LogP contribution in [0.2, 0.25) is 0 Å². The van der Waals surface area contributed by atoms with E-state index in [2.05, 4.69) is 10.4 Å². The third-order valence-electron chi connectivity index (χ3n) is 6.70. The third-order valence-corrected chi connectivity index (χ3v) is 6.70. The van der Waals surface area contributed by atoms with Crippen molar-refractivity contribution in [3.8, 4) is 5.75 Å². The van der Waals surface area contributed by atoms with Crippen molar-refractivity contribution < 1.29 is 19.1 Å². The molecule has 2 aromatic rings. The molecule has 8 heteroatoms. The molecule has 0 bridgehead atoms. The summed E-state index contributed by atoms with van der Waals surface area (Å²) in [6.07, 6.45) is 1.44. The standard InChI is InChI=1S/C24H30N4O4/c1-5-28-16(3)22(15(2)26-28)25-23(31)17(4)27-13-12-24(11-10-21(27)30)14-19(29)18-8-6-7-9-20(18)32-24/h6-9,17H,5,10-14H2,1-4H3,(H,25,31)/t17-,24+/m1/s1. The van der Waals surface area contributed by atoms with Gasteiger partial charge in [-0.25, -0.2) is 0 Å². The summed E-state index contributed by atoms with van der Waals surface area (Å²) in [5.41, 5.74) is 2.22. The van der Waals surface area contributed by atoms with Gasteiger partial charge in [0.25, 0.3) is 0 Å². The number of nitrogens with one attached hydrogen (secondary N) is 1. The molecule has 8 nitrogen and oxygen atoms in total. The van der Waals surface area contributed by atoms with Crippen molar-refractivity contribution in [3.63, 3.8) is 0 Å². The minimum atomic E-state index is -0.707. The molecule has 0 unspecified atom stereocenters. The number of Topliss-reactive ketones (excluding diaryl/α,β-unsaturated/α-hetero) is 1. The van der Waals surface area contributed by atoms with E-state index in [9.17, 15) is 14.4 Å². The number of rotatable bonds is 4. The first-order chi connectivity index (χ1) is 15.2. The molecule has 1 aromatic heterocycles. The molecule has 170 valence electrons. The topological polar surface area (TPSA) is 93.5 Å². The van der Waals surface area contributed by atoms with Crippen LogP contribution in [0.15, 0.2) is 24.3 Å². The SMILES string of the molecule is CCn1nc(C)c(NC(=O)[C@@H](C)N2CC[C@@]3(CCC2=O)CC(=O)c2ccccc2O3)c1C.